The number of carbonyl (C=O) groups is 1. The van der Waals surface area contributed by atoms with Crippen molar-refractivity contribution in [3.63, 3.8) is 0 Å². The van der Waals surface area contributed by atoms with Crippen LogP contribution in [0.1, 0.15) is 30.4 Å². The summed E-state index contributed by atoms with van der Waals surface area (Å²) in [5, 5.41) is 2.83. The first-order valence-electron chi connectivity index (χ1n) is 8.36. The van der Waals surface area contributed by atoms with Gasteiger partial charge in [-0.2, -0.15) is 0 Å². The van der Waals surface area contributed by atoms with E-state index >= 15 is 0 Å². The van der Waals surface area contributed by atoms with Gasteiger partial charge in [0.2, 0.25) is 0 Å². The first-order chi connectivity index (χ1) is 12.4. The number of nitrogens with one attached hydrogen (secondary N) is 1. The highest BCUT2D eigenvalue weighted by Gasteiger charge is 2.32. The van der Waals surface area contributed by atoms with Gasteiger partial charge in [-0.05, 0) is 32.0 Å². The predicted octanol–water partition coefficient (Wildman–Crippen LogP) is 4.00. The Morgan fingerprint density at radius 3 is 2.88 bits per heavy atom. The summed E-state index contributed by atoms with van der Waals surface area (Å²) in [6, 6.07) is 9.47. The molecule has 1 atom stereocenters. The quantitative estimate of drug-likeness (QED) is 0.769. The fourth-order valence-electron chi connectivity index (χ4n) is 2.90. The molecular weight excluding hydrogens is 374 g/mol. The molecule has 0 spiro atoms. The lowest BCUT2D eigenvalue weighted by molar-refractivity contribution is -0.123. The van der Waals surface area contributed by atoms with Gasteiger partial charge in [-0.3, -0.25) is 4.79 Å². The number of benzene rings is 1. The number of ether oxygens (including phenoxy) is 3. The number of hydrogen-bond acceptors (Lipinski definition) is 5. The van der Waals surface area contributed by atoms with Crippen LogP contribution >= 0.6 is 22.9 Å². The molecule has 1 aromatic carbocycles. The number of halogens is 1. The summed E-state index contributed by atoms with van der Waals surface area (Å²) in [7, 11) is 1.60. The van der Waals surface area contributed by atoms with Gasteiger partial charge in [-0.1, -0.05) is 23.7 Å². The van der Waals surface area contributed by atoms with E-state index in [4.69, 9.17) is 25.8 Å². The Bertz CT molecular complexity index is 790. The van der Waals surface area contributed by atoms with Gasteiger partial charge in [0.05, 0.1) is 4.34 Å². The molecule has 1 aromatic heterocycles. The molecule has 0 radical (unpaired) electrons. The zero-order valence-corrected chi connectivity index (χ0v) is 16.6. The molecule has 2 heterocycles. The topological polar surface area (TPSA) is 56.8 Å². The molecule has 1 amide bonds. The van der Waals surface area contributed by atoms with Crippen molar-refractivity contribution < 1.29 is 19.0 Å². The number of para-hydroxylation sites is 1. The number of hydrogen-bond donors (Lipinski definition) is 1. The van der Waals surface area contributed by atoms with Crippen LogP contribution in [0.25, 0.3) is 0 Å². The number of methoxy groups -OCH3 is 1. The Balaban J connectivity index is 1.53. The van der Waals surface area contributed by atoms with Crippen LogP contribution in [-0.4, -0.2) is 31.8 Å². The van der Waals surface area contributed by atoms with Crippen LogP contribution < -0.4 is 14.8 Å². The summed E-state index contributed by atoms with van der Waals surface area (Å²) in [5.74, 6) is 1.11. The fourth-order valence-corrected chi connectivity index (χ4v) is 4.04. The minimum atomic E-state index is -0.252. The first-order valence-corrected chi connectivity index (χ1v) is 9.56. The van der Waals surface area contributed by atoms with Crippen LogP contribution in [0, 0.1) is 0 Å². The predicted molar refractivity (Wildman–Crippen MR) is 102 cm³/mol. The number of rotatable bonds is 7. The molecule has 7 heteroatoms. The average molecular weight is 396 g/mol. The summed E-state index contributed by atoms with van der Waals surface area (Å²) in [4.78, 5) is 13.1. The standard InChI is InChI=1S/C19H22ClNO4S/c1-19(2)9-12-5-4-6-13(18(12)25-19)24-11-17(22)21-10-14(23-3)15-7-8-16(20)26-15/h4-8,14H,9-11H2,1-3H3,(H,21,22)/t14-/m1/s1. The summed E-state index contributed by atoms with van der Waals surface area (Å²) >= 11 is 7.39. The highest BCUT2D eigenvalue weighted by molar-refractivity contribution is 7.16. The van der Waals surface area contributed by atoms with E-state index in [1.807, 2.05) is 44.2 Å². The number of fused-ring (bicyclic) bond motifs is 1. The van der Waals surface area contributed by atoms with Gasteiger partial charge in [0.25, 0.3) is 5.91 Å². The first kappa shape index (κ1) is 19.0. The molecule has 3 rings (SSSR count). The van der Waals surface area contributed by atoms with E-state index in [0.29, 0.717) is 16.6 Å². The van der Waals surface area contributed by atoms with Crippen LogP contribution in [0.15, 0.2) is 30.3 Å². The van der Waals surface area contributed by atoms with E-state index in [1.54, 1.807) is 7.11 Å². The molecule has 5 nitrogen and oxygen atoms in total. The molecule has 0 saturated carbocycles. The van der Waals surface area contributed by atoms with Gasteiger partial charge in [-0.25, -0.2) is 0 Å². The second-order valence-electron chi connectivity index (χ2n) is 6.74. The van der Waals surface area contributed by atoms with Crippen molar-refractivity contribution in [1.82, 2.24) is 5.32 Å². The van der Waals surface area contributed by atoms with Crippen molar-refractivity contribution in [3.8, 4) is 11.5 Å². The van der Waals surface area contributed by atoms with Gasteiger partial charge in [0.15, 0.2) is 18.1 Å². The Labute approximate surface area is 162 Å². The monoisotopic (exact) mass is 395 g/mol. The number of thiophene rings is 1. The molecule has 0 fully saturated rings. The minimum Gasteiger partial charge on any atom is -0.483 e. The average Bonchev–Trinajstić information content (AvgIpc) is 3.15. The highest BCUT2D eigenvalue weighted by Crippen LogP contribution is 2.41. The molecule has 0 saturated heterocycles. The normalized spacial score (nSPS) is 15.8. The Morgan fingerprint density at radius 2 is 2.19 bits per heavy atom. The van der Waals surface area contributed by atoms with Gasteiger partial charge in [0.1, 0.15) is 11.7 Å². The van der Waals surface area contributed by atoms with E-state index < -0.39 is 0 Å². The van der Waals surface area contributed by atoms with Crippen LogP contribution in [0.3, 0.4) is 0 Å². The largest absolute Gasteiger partial charge is 0.483 e. The van der Waals surface area contributed by atoms with E-state index in [9.17, 15) is 4.79 Å². The van der Waals surface area contributed by atoms with E-state index in [0.717, 1.165) is 22.6 Å². The second kappa shape index (κ2) is 7.86. The molecular formula is C19H22ClNO4S. The van der Waals surface area contributed by atoms with Crippen molar-refractivity contribution in [1.29, 1.82) is 0 Å². The Hall–Kier alpha value is -1.76. The summed E-state index contributed by atoms with van der Waals surface area (Å²) in [6.07, 6.45) is 0.589. The maximum atomic E-state index is 12.1. The summed E-state index contributed by atoms with van der Waals surface area (Å²) in [6.45, 7) is 4.34. The number of amides is 1. The molecule has 0 aliphatic carbocycles. The van der Waals surface area contributed by atoms with Crippen LogP contribution in [0.4, 0.5) is 0 Å². The van der Waals surface area contributed by atoms with E-state index in [1.165, 1.54) is 11.3 Å². The molecule has 1 aliphatic rings. The molecule has 1 aliphatic heterocycles. The third kappa shape index (κ3) is 4.50. The maximum absolute atomic E-state index is 12.1. The van der Waals surface area contributed by atoms with Crippen LogP contribution in [0.2, 0.25) is 4.34 Å². The van der Waals surface area contributed by atoms with Gasteiger partial charge in [-0.15, -0.1) is 11.3 Å². The van der Waals surface area contributed by atoms with Gasteiger partial charge >= 0.3 is 0 Å². The summed E-state index contributed by atoms with van der Waals surface area (Å²) < 4.78 is 17.7. The van der Waals surface area contributed by atoms with Gasteiger partial charge < -0.3 is 19.5 Å². The molecule has 26 heavy (non-hydrogen) atoms. The number of carbonyl (C=O) groups excluding carboxylic acids is 1. The molecule has 2 aromatic rings. The van der Waals surface area contributed by atoms with Crippen molar-refractivity contribution in [2.45, 2.75) is 32.0 Å². The maximum Gasteiger partial charge on any atom is 0.258 e. The summed E-state index contributed by atoms with van der Waals surface area (Å²) in [5.41, 5.74) is 0.847. The molecule has 140 valence electrons. The van der Waals surface area contributed by atoms with E-state index in [-0.39, 0.29) is 24.2 Å². The zero-order chi connectivity index (χ0) is 18.7. The zero-order valence-electron chi connectivity index (χ0n) is 15.0. The lowest BCUT2D eigenvalue weighted by Crippen LogP contribution is -2.32. The molecule has 0 unspecified atom stereocenters. The Kier molecular flexibility index (Phi) is 5.75. The minimum absolute atomic E-state index is 0.0815. The lowest BCUT2D eigenvalue weighted by Gasteiger charge is -2.18. The highest BCUT2D eigenvalue weighted by atomic mass is 35.5. The molecule has 1 N–H and O–H groups in total. The lowest BCUT2D eigenvalue weighted by atomic mass is 10.0. The van der Waals surface area contributed by atoms with Crippen LogP contribution in [-0.2, 0) is 16.0 Å². The smallest absolute Gasteiger partial charge is 0.258 e. The third-order valence-electron chi connectivity index (χ3n) is 4.09. The SMILES string of the molecule is CO[C@H](CNC(=O)COc1cccc2c1OC(C)(C)C2)c1ccc(Cl)s1. The molecule has 0 bridgehead atoms. The van der Waals surface area contributed by atoms with Crippen molar-refractivity contribution >= 4 is 28.8 Å². The van der Waals surface area contributed by atoms with E-state index in [2.05, 4.69) is 5.32 Å². The van der Waals surface area contributed by atoms with Crippen molar-refractivity contribution in [3.05, 3.63) is 45.1 Å². The Morgan fingerprint density at radius 1 is 1.38 bits per heavy atom. The van der Waals surface area contributed by atoms with Gasteiger partial charge in [0, 0.05) is 30.5 Å². The second-order valence-corrected chi connectivity index (χ2v) is 8.49. The fraction of sp³-hybridized carbons (Fsp3) is 0.421. The van der Waals surface area contributed by atoms with Crippen LogP contribution in [0.5, 0.6) is 11.5 Å². The third-order valence-corrected chi connectivity index (χ3v) is 5.42. The van der Waals surface area contributed by atoms with Crippen molar-refractivity contribution in [2.24, 2.45) is 0 Å². The van der Waals surface area contributed by atoms with Crippen molar-refractivity contribution in [2.75, 3.05) is 20.3 Å².